The maximum atomic E-state index is 12.9. The quantitative estimate of drug-likeness (QED) is 0.550. The third-order valence-corrected chi connectivity index (χ3v) is 5.68. The van der Waals surface area contributed by atoms with E-state index in [9.17, 15) is 14.4 Å². The Bertz CT molecular complexity index is 1030. The number of benzene rings is 1. The molecule has 2 aromatic rings. The van der Waals surface area contributed by atoms with E-state index in [1.165, 1.54) is 26.3 Å². The van der Waals surface area contributed by atoms with Crippen LogP contribution in [0.1, 0.15) is 67.7 Å². The van der Waals surface area contributed by atoms with Crippen LogP contribution in [0.4, 0.5) is 0 Å². The summed E-state index contributed by atoms with van der Waals surface area (Å²) in [4.78, 5) is 41.8. The van der Waals surface area contributed by atoms with Gasteiger partial charge in [-0.05, 0) is 44.4 Å². The Morgan fingerprint density at radius 1 is 0.941 bits per heavy atom. The van der Waals surface area contributed by atoms with E-state index in [4.69, 9.17) is 14.2 Å². The van der Waals surface area contributed by atoms with E-state index in [0.717, 1.165) is 16.7 Å². The number of rotatable bonds is 9. The molecule has 1 aromatic heterocycles. The Balaban J connectivity index is 2.13. The standard InChI is InChI=1S/C26H34N2O6/c1-14(2)25(30)34-23-20(32-8)12-13-27-22(23)24(29)28-18(6)26(31)33-19(7)17(5)21-15(3)10-9-11-16(21)4/h9-14,17-19H,1-8H3,(H,28,29)/t17-,18+,19+/m1/s1. The molecule has 1 amide bonds. The number of amides is 1. The number of nitrogens with zero attached hydrogens (tertiary/aromatic N) is 1. The molecule has 0 saturated heterocycles. The molecule has 0 aliphatic carbocycles. The summed E-state index contributed by atoms with van der Waals surface area (Å²) in [6.07, 6.45) is 0.946. The topological polar surface area (TPSA) is 104 Å². The highest BCUT2D eigenvalue weighted by Crippen LogP contribution is 2.31. The largest absolute Gasteiger partial charge is 0.493 e. The zero-order chi connectivity index (χ0) is 25.6. The lowest BCUT2D eigenvalue weighted by atomic mass is 9.89. The summed E-state index contributed by atoms with van der Waals surface area (Å²) in [6.45, 7) is 12.8. The van der Waals surface area contributed by atoms with E-state index < -0.39 is 35.9 Å². The fourth-order valence-corrected chi connectivity index (χ4v) is 3.56. The van der Waals surface area contributed by atoms with Crippen molar-refractivity contribution in [3.05, 3.63) is 52.8 Å². The molecule has 1 heterocycles. The molecule has 0 spiro atoms. The molecule has 0 saturated carbocycles. The molecule has 0 bridgehead atoms. The van der Waals surface area contributed by atoms with Crippen LogP contribution in [0.2, 0.25) is 0 Å². The molecule has 1 N–H and O–H groups in total. The second-order valence-electron chi connectivity index (χ2n) is 8.70. The second-order valence-corrected chi connectivity index (χ2v) is 8.70. The van der Waals surface area contributed by atoms with Crippen molar-refractivity contribution in [2.24, 2.45) is 5.92 Å². The average Bonchev–Trinajstić information content (AvgIpc) is 2.78. The lowest BCUT2D eigenvalue weighted by Gasteiger charge is -2.25. The minimum absolute atomic E-state index is 0.0323. The lowest BCUT2D eigenvalue weighted by molar-refractivity contribution is -0.151. The molecule has 0 radical (unpaired) electrons. The van der Waals surface area contributed by atoms with Crippen molar-refractivity contribution in [1.82, 2.24) is 10.3 Å². The van der Waals surface area contributed by atoms with Crippen LogP contribution in [0, 0.1) is 19.8 Å². The van der Waals surface area contributed by atoms with Crippen LogP contribution in [0.3, 0.4) is 0 Å². The van der Waals surface area contributed by atoms with Crippen LogP contribution in [0.25, 0.3) is 0 Å². The molecule has 1 aromatic carbocycles. The van der Waals surface area contributed by atoms with E-state index >= 15 is 0 Å². The van der Waals surface area contributed by atoms with E-state index in [2.05, 4.69) is 10.3 Å². The van der Waals surface area contributed by atoms with Crippen molar-refractivity contribution in [3.63, 3.8) is 0 Å². The van der Waals surface area contributed by atoms with Gasteiger partial charge in [0.15, 0.2) is 11.4 Å². The fourth-order valence-electron chi connectivity index (χ4n) is 3.56. The molecule has 8 heteroatoms. The molecule has 3 atom stereocenters. The van der Waals surface area contributed by atoms with E-state index in [0.29, 0.717) is 0 Å². The zero-order valence-electron chi connectivity index (χ0n) is 21.1. The number of carbonyl (C=O) groups is 3. The number of aryl methyl sites for hydroxylation is 2. The van der Waals surface area contributed by atoms with Gasteiger partial charge >= 0.3 is 11.9 Å². The van der Waals surface area contributed by atoms with E-state index in [1.807, 2.05) is 45.9 Å². The zero-order valence-corrected chi connectivity index (χ0v) is 21.1. The van der Waals surface area contributed by atoms with Gasteiger partial charge in [0.2, 0.25) is 5.75 Å². The highest BCUT2D eigenvalue weighted by Gasteiger charge is 2.28. The van der Waals surface area contributed by atoms with Gasteiger partial charge in [-0.1, -0.05) is 39.0 Å². The van der Waals surface area contributed by atoms with Gasteiger partial charge in [-0.3, -0.25) is 9.59 Å². The molecule has 0 unspecified atom stereocenters. The van der Waals surface area contributed by atoms with E-state index in [-0.39, 0.29) is 23.1 Å². The number of pyridine rings is 1. The summed E-state index contributed by atoms with van der Waals surface area (Å²) in [5.41, 5.74) is 3.23. The van der Waals surface area contributed by atoms with Crippen molar-refractivity contribution in [2.75, 3.05) is 7.11 Å². The van der Waals surface area contributed by atoms with Crippen LogP contribution < -0.4 is 14.8 Å². The molecule has 8 nitrogen and oxygen atoms in total. The number of nitrogens with one attached hydrogen (secondary N) is 1. The minimum Gasteiger partial charge on any atom is -0.493 e. The molecule has 34 heavy (non-hydrogen) atoms. The van der Waals surface area contributed by atoms with Gasteiger partial charge in [0.05, 0.1) is 13.0 Å². The summed E-state index contributed by atoms with van der Waals surface area (Å²) < 4.78 is 16.2. The lowest BCUT2D eigenvalue weighted by Crippen LogP contribution is -2.41. The third-order valence-electron chi connectivity index (χ3n) is 5.68. The Morgan fingerprint density at radius 2 is 1.56 bits per heavy atom. The Hall–Kier alpha value is -3.42. The number of esters is 2. The highest BCUT2D eigenvalue weighted by atomic mass is 16.6. The van der Waals surface area contributed by atoms with Gasteiger partial charge in [-0.15, -0.1) is 0 Å². The molecule has 2 rings (SSSR count). The molecular weight excluding hydrogens is 436 g/mol. The molecule has 0 fully saturated rings. The SMILES string of the molecule is COc1ccnc(C(=O)N[C@@H](C)C(=O)O[C@@H](C)[C@@H](C)c2c(C)cccc2C)c1OC(=O)C(C)C. The number of methoxy groups -OCH3 is 1. The molecule has 184 valence electrons. The van der Waals surface area contributed by atoms with Crippen LogP contribution in [0.5, 0.6) is 11.5 Å². The molecule has 0 aliphatic heterocycles. The predicted molar refractivity (Wildman–Crippen MR) is 128 cm³/mol. The van der Waals surface area contributed by atoms with Gasteiger partial charge < -0.3 is 19.5 Å². The third kappa shape index (κ3) is 6.34. The minimum atomic E-state index is -0.957. The van der Waals surface area contributed by atoms with Gasteiger partial charge in [0, 0.05) is 18.2 Å². The number of hydrogen-bond acceptors (Lipinski definition) is 7. The smallest absolute Gasteiger partial charge is 0.328 e. The van der Waals surface area contributed by atoms with Crippen LogP contribution >= 0.6 is 0 Å². The van der Waals surface area contributed by atoms with Crippen LogP contribution in [-0.2, 0) is 14.3 Å². The van der Waals surface area contributed by atoms with Crippen LogP contribution in [-0.4, -0.2) is 42.1 Å². The Kier molecular flexibility index (Phi) is 9.18. The number of carbonyl (C=O) groups excluding carboxylic acids is 3. The first kappa shape index (κ1) is 26.8. The summed E-state index contributed by atoms with van der Waals surface area (Å²) in [6, 6.07) is 6.58. The van der Waals surface area contributed by atoms with Gasteiger partial charge in [-0.2, -0.15) is 0 Å². The summed E-state index contributed by atoms with van der Waals surface area (Å²) in [5.74, 6) is -2.18. The second kappa shape index (κ2) is 11.6. The molecular formula is C26H34N2O6. The fraction of sp³-hybridized carbons (Fsp3) is 0.462. The number of ether oxygens (including phenoxy) is 3. The summed E-state index contributed by atoms with van der Waals surface area (Å²) in [7, 11) is 1.39. The number of aromatic nitrogens is 1. The predicted octanol–water partition coefficient (Wildman–Crippen LogP) is 4.12. The maximum absolute atomic E-state index is 12.9. The number of hydrogen-bond donors (Lipinski definition) is 1. The van der Waals surface area contributed by atoms with Crippen LogP contribution in [0.15, 0.2) is 30.5 Å². The van der Waals surface area contributed by atoms with Crippen molar-refractivity contribution < 1.29 is 28.6 Å². The van der Waals surface area contributed by atoms with Crippen molar-refractivity contribution in [1.29, 1.82) is 0 Å². The Labute approximate surface area is 201 Å². The highest BCUT2D eigenvalue weighted by molar-refractivity contribution is 5.98. The van der Waals surface area contributed by atoms with Gasteiger partial charge in [-0.25, -0.2) is 9.78 Å². The maximum Gasteiger partial charge on any atom is 0.328 e. The van der Waals surface area contributed by atoms with Crippen molar-refractivity contribution >= 4 is 17.8 Å². The average molecular weight is 471 g/mol. The van der Waals surface area contributed by atoms with Crippen molar-refractivity contribution in [2.45, 2.75) is 66.5 Å². The Morgan fingerprint density at radius 3 is 2.12 bits per heavy atom. The first-order valence-corrected chi connectivity index (χ1v) is 11.3. The monoisotopic (exact) mass is 470 g/mol. The van der Waals surface area contributed by atoms with Gasteiger partial charge in [0.25, 0.3) is 5.91 Å². The summed E-state index contributed by atoms with van der Waals surface area (Å²) in [5, 5.41) is 2.57. The van der Waals surface area contributed by atoms with Crippen molar-refractivity contribution in [3.8, 4) is 11.5 Å². The first-order chi connectivity index (χ1) is 16.0. The van der Waals surface area contributed by atoms with E-state index in [1.54, 1.807) is 13.8 Å². The molecule has 0 aliphatic rings. The first-order valence-electron chi connectivity index (χ1n) is 11.3. The summed E-state index contributed by atoms with van der Waals surface area (Å²) >= 11 is 0. The van der Waals surface area contributed by atoms with Gasteiger partial charge in [0.1, 0.15) is 12.1 Å². The normalized spacial score (nSPS) is 13.6.